The summed E-state index contributed by atoms with van der Waals surface area (Å²) in [6.07, 6.45) is 0. The minimum atomic E-state index is -0.505. The average Bonchev–Trinajstić information content (AvgIpc) is 3.93. The van der Waals surface area contributed by atoms with Crippen molar-refractivity contribution in [2.24, 2.45) is 0 Å². The molecule has 2 nitrogen and oxygen atoms in total. The molecule has 324 valence electrons. The molecule has 0 bridgehead atoms. The summed E-state index contributed by atoms with van der Waals surface area (Å²) < 4.78 is 2.40. The predicted molar refractivity (Wildman–Crippen MR) is 289 cm³/mol. The van der Waals surface area contributed by atoms with Crippen LogP contribution in [0.1, 0.15) is 22.3 Å². The van der Waals surface area contributed by atoms with E-state index in [-0.39, 0.29) is 0 Å². The van der Waals surface area contributed by atoms with Crippen molar-refractivity contribution in [3.05, 3.63) is 301 Å². The first kappa shape index (κ1) is 40.3. The lowest BCUT2D eigenvalue weighted by atomic mass is 9.68. The molecule has 12 aromatic rings. The highest BCUT2D eigenvalue weighted by atomic mass is 15.1. The van der Waals surface area contributed by atoms with E-state index in [1.165, 1.54) is 83.0 Å². The molecule has 0 saturated carbocycles. The van der Waals surface area contributed by atoms with Crippen molar-refractivity contribution < 1.29 is 0 Å². The highest BCUT2D eigenvalue weighted by molar-refractivity contribution is 6.09. The average molecular weight is 879 g/mol. The Morgan fingerprint density at radius 1 is 0.304 bits per heavy atom. The fraction of sp³-hybridized carbons (Fsp3) is 0.0149. The van der Waals surface area contributed by atoms with E-state index < -0.39 is 5.41 Å². The third-order valence-corrected chi connectivity index (χ3v) is 14.3. The van der Waals surface area contributed by atoms with Crippen LogP contribution in [0.15, 0.2) is 279 Å². The van der Waals surface area contributed by atoms with Crippen LogP contribution in [0, 0.1) is 0 Å². The smallest absolute Gasteiger partial charge is 0.0713 e. The van der Waals surface area contributed by atoms with Gasteiger partial charge in [0.25, 0.3) is 0 Å². The van der Waals surface area contributed by atoms with Crippen molar-refractivity contribution in [2.75, 3.05) is 4.90 Å². The number of nitrogens with zero attached hydrogens (tertiary/aromatic N) is 2. The van der Waals surface area contributed by atoms with Gasteiger partial charge < -0.3 is 9.47 Å². The lowest BCUT2D eigenvalue weighted by molar-refractivity contribution is 0.768. The first-order chi connectivity index (χ1) is 34.3. The predicted octanol–water partition coefficient (Wildman–Crippen LogP) is 17.6. The molecule has 69 heavy (non-hydrogen) atoms. The van der Waals surface area contributed by atoms with Crippen molar-refractivity contribution in [2.45, 2.75) is 5.41 Å². The molecule has 1 aliphatic rings. The highest BCUT2D eigenvalue weighted by Gasteiger charge is 2.46. The SMILES string of the molecule is c1ccc(-c2ccccc2-c2c(-c3ccccc3)cccc2N(c2ccc(-n3c4ccccc4c4ccccc43)cc2)c2ccc3c(c2)-c2ccccc2C3(c2ccccc2)c2ccccc2)cc1. The van der Waals surface area contributed by atoms with E-state index in [1.54, 1.807) is 0 Å². The van der Waals surface area contributed by atoms with Gasteiger partial charge in [0, 0.05) is 33.4 Å². The number of anilines is 3. The Kier molecular flexibility index (Phi) is 9.77. The van der Waals surface area contributed by atoms with Crippen molar-refractivity contribution in [1.29, 1.82) is 0 Å². The second-order valence-electron chi connectivity index (χ2n) is 18.0. The second kappa shape index (κ2) is 16.7. The summed E-state index contributed by atoms with van der Waals surface area (Å²) in [5, 5.41) is 2.50. The fourth-order valence-corrected chi connectivity index (χ4v) is 11.4. The van der Waals surface area contributed by atoms with Gasteiger partial charge in [0.15, 0.2) is 0 Å². The van der Waals surface area contributed by atoms with E-state index in [2.05, 4.69) is 289 Å². The van der Waals surface area contributed by atoms with Gasteiger partial charge in [-0.25, -0.2) is 0 Å². The van der Waals surface area contributed by atoms with Gasteiger partial charge in [-0.15, -0.1) is 0 Å². The minimum absolute atomic E-state index is 0.505. The normalized spacial score (nSPS) is 12.5. The van der Waals surface area contributed by atoms with Gasteiger partial charge >= 0.3 is 0 Å². The van der Waals surface area contributed by atoms with Gasteiger partial charge in [-0.05, 0) is 116 Å². The quantitative estimate of drug-likeness (QED) is 0.140. The van der Waals surface area contributed by atoms with Gasteiger partial charge in [-0.3, -0.25) is 0 Å². The zero-order valence-electron chi connectivity index (χ0n) is 38.0. The maximum atomic E-state index is 2.49. The van der Waals surface area contributed by atoms with E-state index in [0.717, 1.165) is 28.3 Å². The number of benzene rings is 11. The first-order valence-corrected chi connectivity index (χ1v) is 23.8. The fourth-order valence-electron chi connectivity index (χ4n) is 11.4. The van der Waals surface area contributed by atoms with Crippen LogP contribution < -0.4 is 4.90 Å². The van der Waals surface area contributed by atoms with E-state index in [0.29, 0.717) is 0 Å². The van der Waals surface area contributed by atoms with Gasteiger partial charge in [-0.2, -0.15) is 0 Å². The van der Waals surface area contributed by atoms with Crippen molar-refractivity contribution in [1.82, 2.24) is 4.57 Å². The Labute approximate surface area is 403 Å². The number of rotatable bonds is 9. The Hall–Kier alpha value is -8.98. The summed E-state index contributed by atoms with van der Waals surface area (Å²) in [5.74, 6) is 0. The maximum Gasteiger partial charge on any atom is 0.0713 e. The molecular weight excluding hydrogens is 833 g/mol. The summed E-state index contributed by atoms with van der Waals surface area (Å²) in [6.45, 7) is 0. The highest BCUT2D eigenvalue weighted by Crippen LogP contribution is 2.58. The maximum absolute atomic E-state index is 2.49. The summed E-state index contributed by atoms with van der Waals surface area (Å²) in [6, 6.07) is 102. The lowest BCUT2D eigenvalue weighted by Gasteiger charge is -2.34. The first-order valence-electron chi connectivity index (χ1n) is 23.8. The molecule has 2 heteroatoms. The standard InChI is InChI=1S/C67H46N2/c1-5-22-47(23-6-1)54-30-13-14-34-59(54)66-55(48-24-7-2-8-25-48)35-21-39-65(66)68(51-40-42-52(43-41-51)69-63-37-19-16-32-57(63)58-33-17-20-38-64(58)69)53-44-45-62-60(46-53)56-31-15-18-36-61(56)67(62,49-26-9-3-10-27-49)50-28-11-4-12-29-50/h1-46H. The summed E-state index contributed by atoms with van der Waals surface area (Å²) >= 11 is 0. The number of fused-ring (bicyclic) bond motifs is 6. The van der Waals surface area contributed by atoms with Gasteiger partial charge in [0.1, 0.15) is 0 Å². The van der Waals surface area contributed by atoms with Crippen LogP contribution in [0.4, 0.5) is 17.1 Å². The van der Waals surface area contributed by atoms with Crippen LogP contribution in [-0.2, 0) is 5.41 Å². The van der Waals surface area contributed by atoms with Crippen LogP contribution in [-0.4, -0.2) is 4.57 Å². The molecule has 0 spiro atoms. The molecule has 0 amide bonds. The van der Waals surface area contributed by atoms with Crippen LogP contribution in [0.25, 0.3) is 72.0 Å². The second-order valence-corrected chi connectivity index (χ2v) is 18.0. The van der Waals surface area contributed by atoms with Gasteiger partial charge in [-0.1, -0.05) is 224 Å². The lowest BCUT2D eigenvalue weighted by Crippen LogP contribution is -2.28. The van der Waals surface area contributed by atoms with E-state index >= 15 is 0 Å². The summed E-state index contributed by atoms with van der Waals surface area (Å²) in [5.41, 5.74) is 20.8. The van der Waals surface area contributed by atoms with E-state index in [4.69, 9.17) is 0 Å². The third kappa shape index (κ3) is 6.48. The van der Waals surface area contributed by atoms with Crippen molar-refractivity contribution in [3.63, 3.8) is 0 Å². The van der Waals surface area contributed by atoms with E-state index in [1.807, 2.05) is 0 Å². The van der Waals surface area contributed by atoms with Crippen LogP contribution in [0.2, 0.25) is 0 Å². The molecule has 1 aromatic heterocycles. The molecule has 0 aliphatic heterocycles. The van der Waals surface area contributed by atoms with Crippen molar-refractivity contribution in [3.8, 4) is 50.2 Å². The summed E-state index contributed by atoms with van der Waals surface area (Å²) in [4.78, 5) is 2.49. The van der Waals surface area contributed by atoms with Crippen LogP contribution >= 0.6 is 0 Å². The Balaban J connectivity index is 1.09. The molecule has 1 aliphatic carbocycles. The number of aromatic nitrogens is 1. The molecule has 0 atom stereocenters. The third-order valence-electron chi connectivity index (χ3n) is 14.3. The zero-order valence-corrected chi connectivity index (χ0v) is 38.0. The molecule has 0 N–H and O–H groups in total. The van der Waals surface area contributed by atoms with Gasteiger partial charge in [0.2, 0.25) is 0 Å². The molecule has 0 unspecified atom stereocenters. The van der Waals surface area contributed by atoms with Crippen LogP contribution in [0.5, 0.6) is 0 Å². The molecular formula is C67H46N2. The number of hydrogen-bond acceptors (Lipinski definition) is 1. The monoisotopic (exact) mass is 878 g/mol. The zero-order chi connectivity index (χ0) is 45.7. The molecule has 0 fully saturated rings. The molecule has 1 heterocycles. The number of hydrogen-bond donors (Lipinski definition) is 0. The Bertz CT molecular complexity index is 3720. The Morgan fingerprint density at radius 2 is 0.768 bits per heavy atom. The van der Waals surface area contributed by atoms with Gasteiger partial charge in [0.05, 0.1) is 22.1 Å². The largest absolute Gasteiger partial charge is 0.310 e. The molecule has 13 rings (SSSR count). The minimum Gasteiger partial charge on any atom is -0.310 e. The molecule has 0 radical (unpaired) electrons. The van der Waals surface area contributed by atoms with E-state index in [9.17, 15) is 0 Å². The molecule has 0 saturated heterocycles. The number of para-hydroxylation sites is 2. The summed E-state index contributed by atoms with van der Waals surface area (Å²) in [7, 11) is 0. The topological polar surface area (TPSA) is 8.17 Å². The molecule has 11 aromatic carbocycles. The Morgan fingerprint density at radius 3 is 1.39 bits per heavy atom. The van der Waals surface area contributed by atoms with Crippen molar-refractivity contribution >= 4 is 38.9 Å². The van der Waals surface area contributed by atoms with Crippen LogP contribution in [0.3, 0.4) is 0 Å².